The molecular formula is C25H19ClFNO5. The van der Waals surface area contributed by atoms with E-state index in [0.29, 0.717) is 22.7 Å². The largest absolute Gasteiger partial charge is 0.507 e. The molecule has 0 saturated carbocycles. The third kappa shape index (κ3) is 4.03. The van der Waals surface area contributed by atoms with Crippen LogP contribution in [0.3, 0.4) is 0 Å². The Hall–Kier alpha value is -3.84. The number of nitrogens with zero attached hydrogens (tertiary/aromatic N) is 1. The zero-order chi connectivity index (χ0) is 23.7. The van der Waals surface area contributed by atoms with Crippen LogP contribution in [-0.4, -0.2) is 31.0 Å². The topological polar surface area (TPSA) is 76.1 Å². The zero-order valence-electron chi connectivity index (χ0n) is 17.7. The van der Waals surface area contributed by atoms with Gasteiger partial charge in [0, 0.05) is 11.3 Å². The highest BCUT2D eigenvalue weighted by molar-refractivity contribution is 6.52. The number of aliphatic hydroxyl groups excluding tert-OH is 1. The molecule has 1 N–H and O–H groups in total. The average molecular weight is 468 g/mol. The number of aliphatic hydroxyl groups is 1. The van der Waals surface area contributed by atoms with E-state index in [9.17, 15) is 19.1 Å². The Bertz CT molecular complexity index is 1250. The second-order valence-corrected chi connectivity index (χ2v) is 7.67. The van der Waals surface area contributed by atoms with Crippen molar-refractivity contribution in [3.63, 3.8) is 0 Å². The number of ketones is 1. The monoisotopic (exact) mass is 467 g/mol. The number of halogens is 2. The molecule has 33 heavy (non-hydrogen) atoms. The molecule has 0 aliphatic carbocycles. The van der Waals surface area contributed by atoms with Gasteiger partial charge in [0.05, 0.1) is 30.9 Å². The molecule has 6 nitrogen and oxygen atoms in total. The van der Waals surface area contributed by atoms with Crippen LogP contribution in [0.25, 0.3) is 5.76 Å². The van der Waals surface area contributed by atoms with E-state index < -0.39 is 29.3 Å². The van der Waals surface area contributed by atoms with Crippen LogP contribution in [0.4, 0.5) is 10.1 Å². The van der Waals surface area contributed by atoms with Crippen molar-refractivity contribution in [2.24, 2.45) is 0 Å². The van der Waals surface area contributed by atoms with Crippen molar-refractivity contribution < 1.29 is 28.6 Å². The summed E-state index contributed by atoms with van der Waals surface area (Å²) in [6.45, 7) is 0. The van der Waals surface area contributed by atoms with Gasteiger partial charge in [0.25, 0.3) is 11.7 Å². The lowest BCUT2D eigenvalue weighted by Crippen LogP contribution is -2.29. The van der Waals surface area contributed by atoms with Gasteiger partial charge in [-0.3, -0.25) is 14.5 Å². The summed E-state index contributed by atoms with van der Waals surface area (Å²) in [6.07, 6.45) is 0. The first kappa shape index (κ1) is 22.4. The standard InChI is InChI=1S/C25H19ClFNO5/c1-32-17-9-7-16(8-10-17)28-22(14-3-5-15(27)6-4-14)21(24(30)25(28)31)23(29)19-13-18(33-2)11-12-20(19)26/h3-13,22,29H,1-2H3/b23-21+. The van der Waals surface area contributed by atoms with Gasteiger partial charge in [-0.1, -0.05) is 23.7 Å². The lowest BCUT2D eigenvalue weighted by Gasteiger charge is -2.25. The summed E-state index contributed by atoms with van der Waals surface area (Å²) < 4.78 is 24.0. The Morgan fingerprint density at radius 3 is 2.15 bits per heavy atom. The molecule has 0 radical (unpaired) electrons. The highest BCUT2D eigenvalue weighted by Gasteiger charge is 2.47. The van der Waals surface area contributed by atoms with Crippen LogP contribution in [-0.2, 0) is 9.59 Å². The summed E-state index contributed by atoms with van der Waals surface area (Å²) in [5.41, 5.74) is 0.809. The molecule has 1 fully saturated rings. The van der Waals surface area contributed by atoms with E-state index >= 15 is 0 Å². The molecule has 1 atom stereocenters. The molecule has 1 unspecified atom stereocenters. The van der Waals surface area contributed by atoms with Crippen LogP contribution < -0.4 is 14.4 Å². The number of amides is 1. The van der Waals surface area contributed by atoms with Gasteiger partial charge in [0.2, 0.25) is 0 Å². The molecule has 8 heteroatoms. The summed E-state index contributed by atoms with van der Waals surface area (Å²) in [7, 11) is 2.96. The van der Waals surface area contributed by atoms with Gasteiger partial charge < -0.3 is 14.6 Å². The maximum Gasteiger partial charge on any atom is 0.300 e. The third-order valence-electron chi connectivity index (χ3n) is 5.41. The summed E-state index contributed by atoms with van der Waals surface area (Å²) in [5.74, 6) is -1.69. The fourth-order valence-corrected chi connectivity index (χ4v) is 3.97. The molecule has 1 aliphatic heterocycles. The van der Waals surface area contributed by atoms with Crippen LogP contribution in [0, 0.1) is 5.82 Å². The number of Topliss-reactive ketones (excluding diaryl/α,β-unsaturated/α-hetero) is 1. The number of anilines is 1. The second-order valence-electron chi connectivity index (χ2n) is 7.26. The second kappa shape index (κ2) is 8.96. The number of hydrogen-bond acceptors (Lipinski definition) is 5. The van der Waals surface area contributed by atoms with Gasteiger partial charge >= 0.3 is 0 Å². The normalized spacial score (nSPS) is 17.3. The summed E-state index contributed by atoms with van der Waals surface area (Å²) in [5, 5.41) is 11.4. The minimum absolute atomic E-state index is 0.135. The SMILES string of the molecule is COc1ccc(N2C(=O)C(=O)/C(=C(/O)c3cc(OC)ccc3Cl)C2c2ccc(F)cc2)cc1. The highest BCUT2D eigenvalue weighted by atomic mass is 35.5. The van der Waals surface area contributed by atoms with E-state index in [4.69, 9.17) is 21.1 Å². The maximum atomic E-state index is 13.6. The van der Waals surface area contributed by atoms with Crippen molar-refractivity contribution in [3.8, 4) is 11.5 Å². The molecule has 1 saturated heterocycles. The molecule has 3 aromatic carbocycles. The minimum Gasteiger partial charge on any atom is -0.507 e. The van der Waals surface area contributed by atoms with Crippen molar-refractivity contribution in [1.29, 1.82) is 0 Å². The Balaban J connectivity index is 1.95. The van der Waals surface area contributed by atoms with Gasteiger partial charge in [-0.25, -0.2) is 4.39 Å². The van der Waals surface area contributed by atoms with Crippen molar-refractivity contribution in [1.82, 2.24) is 0 Å². The zero-order valence-corrected chi connectivity index (χ0v) is 18.5. The molecule has 0 bridgehead atoms. The van der Waals surface area contributed by atoms with Gasteiger partial charge in [0.1, 0.15) is 23.1 Å². The van der Waals surface area contributed by atoms with Crippen LogP contribution in [0.2, 0.25) is 5.02 Å². The van der Waals surface area contributed by atoms with Gasteiger partial charge in [-0.15, -0.1) is 0 Å². The summed E-state index contributed by atoms with van der Waals surface area (Å²) >= 11 is 6.29. The van der Waals surface area contributed by atoms with E-state index in [2.05, 4.69) is 0 Å². The lowest BCUT2D eigenvalue weighted by molar-refractivity contribution is -0.132. The van der Waals surface area contributed by atoms with Gasteiger partial charge in [-0.05, 0) is 60.2 Å². The Morgan fingerprint density at radius 1 is 0.939 bits per heavy atom. The Morgan fingerprint density at radius 2 is 1.55 bits per heavy atom. The number of methoxy groups -OCH3 is 2. The van der Waals surface area contributed by atoms with Crippen molar-refractivity contribution in [3.05, 3.63) is 94.3 Å². The molecule has 1 aliphatic rings. The molecular weight excluding hydrogens is 449 g/mol. The first-order valence-corrected chi connectivity index (χ1v) is 10.3. The fraction of sp³-hybridized carbons (Fsp3) is 0.120. The van der Waals surface area contributed by atoms with Crippen molar-refractivity contribution >= 4 is 34.7 Å². The smallest absolute Gasteiger partial charge is 0.300 e. The predicted molar refractivity (Wildman–Crippen MR) is 122 cm³/mol. The van der Waals surface area contributed by atoms with E-state index in [1.54, 1.807) is 30.3 Å². The van der Waals surface area contributed by atoms with E-state index in [1.807, 2.05) is 0 Å². The van der Waals surface area contributed by atoms with Crippen molar-refractivity contribution in [2.45, 2.75) is 6.04 Å². The molecule has 3 aromatic rings. The quantitative estimate of drug-likeness (QED) is 0.320. The summed E-state index contributed by atoms with van der Waals surface area (Å²) in [6, 6.07) is 15.5. The van der Waals surface area contributed by atoms with E-state index in [0.717, 1.165) is 0 Å². The highest BCUT2D eigenvalue weighted by Crippen LogP contribution is 2.43. The van der Waals surface area contributed by atoms with Gasteiger partial charge in [0.15, 0.2) is 0 Å². The fourth-order valence-electron chi connectivity index (χ4n) is 3.76. The summed E-state index contributed by atoms with van der Waals surface area (Å²) in [4.78, 5) is 27.6. The molecule has 4 rings (SSSR count). The number of carbonyl (C=O) groups is 2. The first-order valence-electron chi connectivity index (χ1n) is 9.90. The predicted octanol–water partition coefficient (Wildman–Crippen LogP) is 5.12. The number of ether oxygens (including phenoxy) is 2. The molecule has 1 heterocycles. The first-order chi connectivity index (χ1) is 15.8. The molecule has 0 spiro atoms. The number of hydrogen-bond donors (Lipinski definition) is 1. The molecule has 0 aromatic heterocycles. The van der Waals surface area contributed by atoms with Crippen LogP contribution >= 0.6 is 11.6 Å². The van der Waals surface area contributed by atoms with Crippen LogP contribution in [0.15, 0.2) is 72.3 Å². The molecule has 168 valence electrons. The van der Waals surface area contributed by atoms with Gasteiger partial charge in [-0.2, -0.15) is 0 Å². The number of rotatable bonds is 5. The van der Waals surface area contributed by atoms with E-state index in [1.165, 1.54) is 55.5 Å². The lowest BCUT2D eigenvalue weighted by atomic mass is 9.95. The Kier molecular flexibility index (Phi) is 6.07. The maximum absolute atomic E-state index is 13.6. The average Bonchev–Trinajstić information content (AvgIpc) is 3.10. The third-order valence-corrected chi connectivity index (χ3v) is 5.74. The van der Waals surface area contributed by atoms with Crippen molar-refractivity contribution in [2.75, 3.05) is 19.1 Å². The van der Waals surface area contributed by atoms with Crippen LogP contribution in [0.1, 0.15) is 17.2 Å². The van der Waals surface area contributed by atoms with Crippen LogP contribution in [0.5, 0.6) is 11.5 Å². The molecule has 1 amide bonds. The Labute approximate surface area is 194 Å². The number of carbonyl (C=O) groups excluding carboxylic acids is 2. The minimum atomic E-state index is -1.01. The number of benzene rings is 3. The van der Waals surface area contributed by atoms with E-state index in [-0.39, 0.29) is 16.2 Å².